The fraction of sp³-hybridized carbons (Fsp3) is 0.950. The largest absolute Gasteiger partial charge is 0.0654 e. The van der Waals surface area contributed by atoms with Crippen molar-refractivity contribution in [3.63, 3.8) is 0 Å². The Kier molecular flexibility index (Phi) is 17.1. The summed E-state index contributed by atoms with van der Waals surface area (Å²) in [5, 5.41) is 0. The second kappa shape index (κ2) is 17.1. The summed E-state index contributed by atoms with van der Waals surface area (Å²) in [7, 11) is 0. The molecule has 0 aliphatic rings. The molecular weight excluding hydrogens is 240 g/mol. The van der Waals surface area contributed by atoms with E-state index in [0.29, 0.717) is 0 Å². The van der Waals surface area contributed by atoms with Gasteiger partial charge in [-0.3, -0.25) is 0 Å². The number of hydrogen-bond donors (Lipinski definition) is 0. The van der Waals surface area contributed by atoms with Crippen molar-refractivity contribution in [2.45, 2.75) is 117 Å². The molecule has 1 atom stereocenters. The number of hydrogen-bond acceptors (Lipinski definition) is 0. The molecule has 0 heterocycles. The van der Waals surface area contributed by atoms with Crippen LogP contribution in [0.2, 0.25) is 0 Å². The molecule has 0 heteroatoms. The lowest BCUT2D eigenvalue weighted by atomic mass is 9.90. The van der Waals surface area contributed by atoms with Crippen LogP contribution >= 0.6 is 0 Å². The average Bonchev–Trinajstić information content (AvgIpc) is 2.47. The highest BCUT2D eigenvalue weighted by Crippen LogP contribution is 2.23. The van der Waals surface area contributed by atoms with E-state index in [1.165, 1.54) is 96.3 Å². The van der Waals surface area contributed by atoms with Gasteiger partial charge in [0.25, 0.3) is 0 Å². The molecular formula is C20H41. The summed E-state index contributed by atoms with van der Waals surface area (Å²) < 4.78 is 0. The predicted octanol–water partition coefficient (Wildman–Crippen LogP) is 7.72. The van der Waals surface area contributed by atoms with Gasteiger partial charge >= 0.3 is 0 Å². The standard InChI is InChI=1S/C20H41/c1-4-7-10-12-13-14-16-19-20(17-9-6-3)18-15-11-8-5-2/h16,20H,4-15,17-19H2,1-3H3. The zero-order valence-corrected chi connectivity index (χ0v) is 14.8. The van der Waals surface area contributed by atoms with Crippen molar-refractivity contribution in [1.82, 2.24) is 0 Å². The number of unbranched alkanes of at least 4 members (excludes halogenated alkanes) is 10. The van der Waals surface area contributed by atoms with Gasteiger partial charge in [0, 0.05) is 0 Å². The summed E-state index contributed by atoms with van der Waals surface area (Å²) in [6.07, 6.45) is 23.9. The maximum atomic E-state index is 2.60. The van der Waals surface area contributed by atoms with Crippen molar-refractivity contribution in [3.8, 4) is 0 Å². The van der Waals surface area contributed by atoms with Crippen LogP contribution in [0.15, 0.2) is 0 Å². The molecule has 121 valence electrons. The Morgan fingerprint density at radius 1 is 0.600 bits per heavy atom. The van der Waals surface area contributed by atoms with Crippen LogP contribution in [0.4, 0.5) is 0 Å². The third-order valence-electron chi connectivity index (χ3n) is 4.44. The molecule has 0 bridgehead atoms. The van der Waals surface area contributed by atoms with Gasteiger partial charge in [-0.2, -0.15) is 0 Å². The second-order valence-corrected chi connectivity index (χ2v) is 6.58. The van der Waals surface area contributed by atoms with Crippen LogP contribution in [0.1, 0.15) is 117 Å². The van der Waals surface area contributed by atoms with Crippen LogP contribution in [0.25, 0.3) is 0 Å². The first-order valence-electron chi connectivity index (χ1n) is 9.66. The van der Waals surface area contributed by atoms with Gasteiger partial charge in [0.2, 0.25) is 0 Å². The highest BCUT2D eigenvalue weighted by atomic mass is 14.1. The summed E-state index contributed by atoms with van der Waals surface area (Å²) in [5.41, 5.74) is 0. The Labute approximate surface area is 130 Å². The smallest absolute Gasteiger partial charge is 0.0383 e. The SMILES string of the molecule is CCCCCCC[CH]CC(CCCC)CCCCCC. The minimum atomic E-state index is 0.988. The molecule has 0 spiro atoms. The van der Waals surface area contributed by atoms with Crippen molar-refractivity contribution < 1.29 is 0 Å². The monoisotopic (exact) mass is 281 g/mol. The van der Waals surface area contributed by atoms with Gasteiger partial charge in [-0.05, 0) is 18.8 Å². The quantitative estimate of drug-likeness (QED) is 0.254. The first-order valence-corrected chi connectivity index (χ1v) is 9.66. The average molecular weight is 282 g/mol. The van der Waals surface area contributed by atoms with E-state index in [4.69, 9.17) is 0 Å². The van der Waals surface area contributed by atoms with Crippen molar-refractivity contribution in [2.24, 2.45) is 5.92 Å². The maximum absolute atomic E-state index is 2.60. The lowest BCUT2D eigenvalue weighted by Crippen LogP contribution is -2.01. The molecule has 0 aromatic rings. The highest BCUT2D eigenvalue weighted by molar-refractivity contribution is 4.72. The van der Waals surface area contributed by atoms with Gasteiger partial charge in [0.15, 0.2) is 0 Å². The third-order valence-corrected chi connectivity index (χ3v) is 4.44. The van der Waals surface area contributed by atoms with E-state index in [1.807, 2.05) is 0 Å². The van der Waals surface area contributed by atoms with E-state index in [2.05, 4.69) is 27.2 Å². The van der Waals surface area contributed by atoms with Gasteiger partial charge in [0.1, 0.15) is 0 Å². The Bertz CT molecular complexity index is 161. The summed E-state index contributed by atoms with van der Waals surface area (Å²) in [5.74, 6) is 0.988. The summed E-state index contributed by atoms with van der Waals surface area (Å²) in [4.78, 5) is 0. The van der Waals surface area contributed by atoms with Gasteiger partial charge in [0.05, 0.1) is 0 Å². The summed E-state index contributed by atoms with van der Waals surface area (Å²) >= 11 is 0. The van der Waals surface area contributed by atoms with Crippen LogP contribution in [0.5, 0.6) is 0 Å². The fourth-order valence-corrected chi connectivity index (χ4v) is 2.98. The highest BCUT2D eigenvalue weighted by Gasteiger charge is 2.08. The molecule has 0 saturated carbocycles. The van der Waals surface area contributed by atoms with E-state index in [0.717, 1.165) is 5.92 Å². The molecule has 20 heavy (non-hydrogen) atoms. The maximum Gasteiger partial charge on any atom is -0.0383 e. The molecule has 0 aromatic heterocycles. The molecule has 0 aliphatic heterocycles. The summed E-state index contributed by atoms with van der Waals surface area (Å²) in [6.45, 7) is 6.93. The molecule has 0 aliphatic carbocycles. The lowest BCUT2D eigenvalue weighted by molar-refractivity contribution is 0.402. The van der Waals surface area contributed by atoms with Crippen LogP contribution in [0, 0.1) is 12.3 Å². The first kappa shape index (κ1) is 20.0. The zero-order chi connectivity index (χ0) is 14.9. The third kappa shape index (κ3) is 14.4. The topological polar surface area (TPSA) is 0 Å². The molecule has 1 unspecified atom stereocenters. The second-order valence-electron chi connectivity index (χ2n) is 6.58. The van der Waals surface area contributed by atoms with Gasteiger partial charge in [-0.1, -0.05) is 111 Å². The zero-order valence-electron chi connectivity index (χ0n) is 14.8. The molecule has 0 rings (SSSR count). The molecule has 0 saturated heterocycles. The lowest BCUT2D eigenvalue weighted by Gasteiger charge is -2.16. The van der Waals surface area contributed by atoms with Gasteiger partial charge in [-0.25, -0.2) is 0 Å². The Balaban J connectivity index is 3.53. The molecule has 0 nitrogen and oxygen atoms in total. The van der Waals surface area contributed by atoms with Crippen LogP contribution in [-0.4, -0.2) is 0 Å². The van der Waals surface area contributed by atoms with E-state index in [-0.39, 0.29) is 0 Å². The Hall–Kier alpha value is 0. The van der Waals surface area contributed by atoms with Gasteiger partial charge in [-0.15, -0.1) is 0 Å². The Morgan fingerprint density at radius 3 is 1.80 bits per heavy atom. The molecule has 1 radical (unpaired) electrons. The van der Waals surface area contributed by atoms with E-state index in [1.54, 1.807) is 0 Å². The van der Waals surface area contributed by atoms with Crippen molar-refractivity contribution in [2.75, 3.05) is 0 Å². The van der Waals surface area contributed by atoms with Crippen LogP contribution < -0.4 is 0 Å². The fourth-order valence-electron chi connectivity index (χ4n) is 2.98. The minimum absolute atomic E-state index is 0.988. The van der Waals surface area contributed by atoms with Crippen molar-refractivity contribution in [3.05, 3.63) is 6.42 Å². The van der Waals surface area contributed by atoms with E-state index < -0.39 is 0 Å². The molecule has 0 amide bonds. The van der Waals surface area contributed by atoms with Crippen LogP contribution in [-0.2, 0) is 0 Å². The van der Waals surface area contributed by atoms with E-state index >= 15 is 0 Å². The van der Waals surface area contributed by atoms with Crippen molar-refractivity contribution >= 4 is 0 Å². The molecule has 0 N–H and O–H groups in total. The van der Waals surface area contributed by atoms with E-state index in [9.17, 15) is 0 Å². The first-order chi connectivity index (χ1) is 9.85. The van der Waals surface area contributed by atoms with Gasteiger partial charge < -0.3 is 0 Å². The predicted molar refractivity (Wildman–Crippen MR) is 94.1 cm³/mol. The number of rotatable bonds is 16. The summed E-state index contributed by atoms with van der Waals surface area (Å²) in [6, 6.07) is 0. The molecule has 0 aromatic carbocycles. The van der Waals surface area contributed by atoms with Crippen molar-refractivity contribution in [1.29, 1.82) is 0 Å². The minimum Gasteiger partial charge on any atom is -0.0654 e. The Morgan fingerprint density at radius 2 is 1.15 bits per heavy atom. The van der Waals surface area contributed by atoms with Crippen LogP contribution in [0.3, 0.4) is 0 Å². The molecule has 0 fully saturated rings. The normalized spacial score (nSPS) is 12.8.